The highest BCUT2D eigenvalue weighted by Crippen LogP contribution is 2.25. The zero-order valence-electron chi connectivity index (χ0n) is 11.5. The van der Waals surface area contributed by atoms with Crippen LogP contribution in [0.1, 0.15) is 18.4 Å². The van der Waals surface area contributed by atoms with E-state index in [1.54, 1.807) is 24.3 Å². The van der Waals surface area contributed by atoms with Crippen molar-refractivity contribution in [1.82, 2.24) is 9.73 Å². The Morgan fingerprint density at radius 3 is 2.40 bits per heavy atom. The van der Waals surface area contributed by atoms with Crippen LogP contribution in [0.15, 0.2) is 34.3 Å². The van der Waals surface area contributed by atoms with Crippen molar-refractivity contribution in [2.45, 2.75) is 24.7 Å². The maximum atomic E-state index is 12.2. The molecule has 4 rings (SSSR count). The lowest BCUT2D eigenvalue weighted by molar-refractivity contribution is 0.200. The Balaban J connectivity index is 1.75. The number of aryl methyl sites for hydroxylation is 1. The van der Waals surface area contributed by atoms with E-state index in [2.05, 4.69) is 14.8 Å². The van der Waals surface area contributed by atoms with Gasteiger partial charge in [-0.3, -0.25) is 4.90 Å². The second-order valence-corrected chi connectivity index (χ2v) is 7.22. The lowest BCUT2D eigenvalue weighted by Gasteiger charge is -2.39. The van der Waals surface area contributed by atoms with Gasteiger partial charge in [-0.1, -0.05) is 17.7 Å². The summed E-state index contributed by atoms with van der Waals surface area (Å²) in [6.45, 7) is 4.93. The number of hydrazone groups is 1. The number of rotatable bonds is 3. The SMILES string of the molecule is Cc1ccc(S(=O)(=O)N/N=C2\CN3CCC2CC3)cc1. The van der Waals surface area contributed by atoms with Crippen LogP contribution in [0.4, 0.5) is 0 Å². The summed E-state index contributed by atoms with van der Waals surface area (Å²) in [6, 6.07) is 6.79. The monoisotopic (exact) mass is 293 g/mol. The van der Waals surface area contributed by atoms with Gasteiger partial charge in [-0.05, 0) is 45.0 Å². The van der Waals surface area contributed by atoms with E-state index >= 15 is 0 Å². The second-order valence-electron chi connectivity index (χ2n) is 5.56. The third-order valence-electron chi connectivity index (χ3n) is 4.09. The average Bonchev–Trinajstić information content (AvgIpc) is 2.47. The zero-order valence-corrected chi connectivity index (χ0v) is 12.4. The molecule has 1 N–H and O–H groups in total. The third-order valence-corrected chi connectivity index (χ3v) is 5.31. The van der Waals surface area contributed by atoms with E-state index in [0.717, 1.165) is 43.8 Å². The van der Waals surface area contributed by atoms with Crippen LogP contribution < -0.4 is 4.83 Å². The Labute approximate surface area is 119 Å². The molecule has 3 heterocycles. The summed E-state index contributed by atoms with van der Waals surface area (Å²) < 4.78 is 24.3. The van der Waals surface area contributed by atoms with Crippen LogP contribution in [0.5, 0.6) is 0 Å². The van der Waals surface area contributed by atoms with E-state index in [1.165, 1.54) is 0 Å². The molecule has 108 valence electrons. The van der Waals surface area contributed by atoms with Crippen molar-refractivity contribution < 1.29 is 8.42 Å². The van der Waals surface area contributed by atoms with Gasteiger partial charge in [0.15, 0.2) is 0 Å². The van der Waals surface area contributed by atoms with Crippen LogP contribution in [-0.2, 0) is 10.0 Å². The van der Waals surface area contributed by atoms with Crippen LogP contribution in [-0.4, -0.2) is 38.7 Å². The van der Waals surface area contributed by atoms with Gasteiger partial charge in [-0.15, -0.1) is 0 Å². The van der Waals surface area contributed by atoms with Crippen LogP contribution >= 0.6 is 0 Å². The molecule has 0 amide bonds. The van der Waals surface area contributed by atoms with Gasteiger partial charge in [0.05, 0.1) is 10.6 Å². The first-order valence-corrected chi connectivity index (χ1v) is 8.40. The quantitative estimate of drug-likeness (QED) is 0.856. The molecule has 1 aromatic carbocycles. The van der Waals surface area contributed by atoms with Crippen molar-refractivity contribution in [2.24, 2.45) is 11.0 Å². The highest BCUT2D eigenvalue weighted by Gasteiger charge is 2.31. The molecule has 2 bridgehead atoms. The first-order chi connectivity index (χ1) is 9.54. The summed E-state index contributed by atoms with van der Waals surface area (Å²) in [5, 5.41) is 4.17. The van der Waals surface area contributed by atoms with Gasteiger partial charge in [0.2, 0.25) is 0 Å². The predicted molar refractivity (Wildman–Crippen MR) is 78.1 cm³/mol. The summed E-state index contributed by atoms with van der Waals surface area (Å²) in [4.78, 5) is 4.96. The molecular formula is C14H19N3O2S. The molecule has 0 spiro atoms. The van der Waals surface area contributed by atoms with Gasteiger partial charge in [0.1, 0.15) is 0 Å². The first-order valence-electron chi connectivity index (χ1n) is 6.92. The fourth-order valence-electron chi connectivity index (χ4n) is 2.80. The fraction of sp³-hybridized carbons (Fsp3) is 0.500. The number of hydrogen-bond donors (Lipinski definition) is 1. The van der Waals surface area contributed by atoms with Crippen molar-refractivity contribution in [1.29, 1.82) is 0 Å². The van der Waals surface area contributed by atoms with Gasteiger partial charge in [0.25, 0.3) is 10.0 Å². The van der Waals surface area contributed by atoms with E-state index in [-0.39, 0.29) is 4.90 Å². The molecule has 0 unspecified atom stereocenters. The summed E-state index contributed by atoms with van der Waals surface area (Å²) in [6.07, 6.45) is 2.18. The summed E-state index contributed by atoms with van der Waals surface area (Å²) in [7, 11) is -3.55. The minimum absolute atomic E-state index is 0.258. The standard InChI is InChI=1S/C14H19N3O2S/c1-11-2-4-13(5-3-11)20(18,19)16-15-14-10-17-8-6-12(14)7-9-17/h2-5,12,16H,6-10H2,1H3/b15-14+. The maximum absolute atomic E-state index is 12.2. The van der Waals surface area contributed by atoms with Crippen LogP contribution in [0.2, 0.25) is 0 Å². The van der Waals surface area contributed by atoms with Gasteiger partial charge in [-0.2, -0.15) is 13.5 Å². The smallest absolute Gasteiger partial charge is 0.276 e. The fourth-order valence-corrected chi connectivity index (χ4v) is 3.64. The van der Waals surface area contributed by atoms with E-state index < -0.39 is 10.0 Å². The minimum atomic E-state index is -3.55. The minimum Gasteiger partial charge on any atom is -0.298 e. The normalized spacial score (nSPS) is 27.8. The number of hydrogen-bond acceptors (Lipinski definition) is 4. The van der Waals surface area contributed by atoms with Gasteiger partial charge in [0, 0.05) is 12.5 Å². The Bertz CT molecular complexity index is 614. The molecule has 3 saturated heterocycles. The Morgan fingerprint density at radius 2 is 1.85 bits per heavy atom. The molecule has 20 heavy (non-hydrogen) atoms. The first kappa shape index (κ1) is 13.6. The highest BCUT2D eigenvalue weighted by molar-refractivity contribution is 7.89. The zero-order chi connectivity index (χ0) is 14.2. The topological polar surface area (TPSA) is 61.8 Å². The molecule has 6 heteroatoms. The number of nitrogens with zero attached hydrogens (tertiary/aromatic N) is 2. The number of nitrogens with one attached hydrogen (secondary N) is 1. The van der Waals surface area contributed by atoms with Crippen molar-refractivity contribution in [3.8, 4) is 0 Å². The molecule has 0 atom stereocenters. The van der Waals surface area contributed by atoms with Crippen molar-refractivity contribution in [2.75, 3.05) is 19.6 Å². The van der Waals surface area contributed by atoms with E-state index in [1.807, 2.05) is 6.92 Å². The summed E-state index contributed by atoms with van der Waals surface area (Å²) in [5.74, 6) is 0.445. The Kier molecular flexibility index (Phi) is 3.52. The molecule has 5 nitrogen and oxygen atoms in total. The van der Waals surface area contributed by atoms with Crippen molar-refractivity contribution >= 4 is 15.7 Å². The molecule has 3 aliphatic heterocycles. The van der Waals surface area contributed by atoms with Crippen LogP contribution in [0.25, 0.3) is 0 Å². The predicted octanol–water partition coefficient (Wildman–Crippen LogP) is 1.35. The van der Waals surface area contributed by atoms with Crippen LogP contribution in [0, 0.1) is 12.8 Å². The molecule has 1 aromatic rings. The van der Waals surface area contributed by atoms with Gasteiger partial charge < -0.3 is 0 Å². The summed E-state index contributed by atoms with van der Waals surface area (Å²) in [5.41, 5.74) is 2.01. The van der Waals surface area contributed by atoms with Gasteiger partial charge in [-0.25, -0.2) is 4.83 Å². The molecule has 0 aromatic heterocycles. The van der Waals surface area contributed by atoms with E-state index in [0.29, 0.717) is 5.92 Å². The van der Waals surface area contributed by atoms with Gasteiger partial charge >= 0.3 is 0 Å². The lowest BCUT2D eigenvalue weighted by Crippen LogP contribution is -2.48. The number of piperidine rings is 3. The Morgan fingerprint density at radius 1 is 1.20 bits per heavy atom. The highest BCUT2D eigenvalue weighted by atomic mass is 32.2. The second kappa shape index (κ2) is 5.18. The number of sulfonamides is 1. The molecule has 0 radical (unpaired) electrons. The molecule has 0 aliphatic carbocycles. The number of fused-ring (bicyclic) bond motifs is 3. The van der Waals surface area contributed by atoms with Crippen molar-refractivity contribution in [3.63, 3.8) is 0 Å². The Hall–Kier alpha value is -1.40. The third kappa shape index (κ3) is 2.71. The molecular weight excluding hydrogens is 274 g/mol. The summed E-state index contributed by atoms with van der Waals surface area (Å²) >= 11 is 0. The largest absolute Gasteiger partial charge is 0.298 e. The average molecular weight is 293 g/mol. The lowest BCUT2D eigenvalue weighted by atomic mass is 9.87. The molecule has 0 saturated carbocycles. The maximum Gasteiger partial charge on any atom is 0.276 e. The molecule has 3 fully saturated rings. The van der Waals surface area contributed by atoms with Crippen LogP contribution in [0.3, 0.4) is 0 Å². The van der Waals surface area contributed by atoms with Crippen molar-refractivity contribution in [3.05, 3.63) is 29.8 Å². The molecule has 3 aliphatic rings. The number of benzene rings is 1. The van der Waals surface area contributed by atoms with E-state index in [4.69, 9.17) is 0 Å². The van der Waals surface area contributed by atoms with E-state index in [9.17, 15) is 8.42 Å².